The van der Waals surface area contributed by atoms with Gasteiger partial charge in [-0.1, -0.05) is 449 Å². The Balaban J connectivity index is 3.29. The van der Waals surface area contributed by atoms with E-state index in [9.17, 15) is 19.8 Å². The van der Waals surface area contributed by atoms with E-state index in [1.54, 1.807) is 0 Å². The van der Waals surface area contributed by atoms with E-state index in [4.69, 9.17) is 4.74 Å². The van der Waals surface area contributed by atoms with E-state index in [1.807, 2.05) is 0 Å². The van der Waals surface area contributed by atoms with E-state index in [0.29, 0.717) is 25.9 Å². The van der Waals surface area contributed by atoms with Crippen molar-refractivity contribution in [1.29, 1.82) is 0 Å². The van der Waals surface area contributed by atoms with Crippen LogP contribution in [0.25, 0.3) is 0 Å². The first-order valence-corrected chi connectivity index (χ1v) is 43.1. The lowest BCUT2D eigenvalue weighted by Crippen LogP contribution is -2.45. The molecule has 0 rings (SSSR count). The first-order valence-electron chi connectivity index (χ1n) is 43.1. The zero-order chi connectivity index (χ0) is 67.0. The Kier molecular flexibility index (Phi) is 81.3. The van der Waals surface area contributed by atoms with Gasteiger partial charge in [-0.05, 0) is 57.8 Å². The molecule has 0 aliphatic rings. The summed E-state index contributed by atoms with van der Waals surface area (Å²) in [5, 5.41) is 23.5. The molecule has 0 aromatic carbocycles. The second-order valence-corrected chi connectivity index (χ2v) is 29.9. The number of aliphatic hydroxyl groups excluding tert-OH is 2. The number of hydrogen-bond acceptors (Lipinski definition) is 5. The largest absolute Gasteiger partial charge is 0.466 e. The van der Waals surface area contributed by atoms with Crippen LogP contribution in [0, 0.1) is 0 Å². The Labute approximate surface area is 583 Å². The molecular weight excluding hydrogens is 1140 g/mol. The highest BCUT2D eigenvalue weighted by Gasteiger charge is 2.20. The summed E-state index contributed by atoms with van der Waals surface area (Å²) in [5.41, 5.74) is 0. The first-order chi connectivity index (χ1) is 46.0. The molecule has 2 unspecified atom stereocenters. The van der Waals surface area contributed by atoms with Crippen molar-refractivity contribution in [3.8, 4) is 0 Å². The summed E-state index contributed by atoms with van der Waals surface area (Å²) >= 11 is 0. The van der Waals surface area contributed by atoms with Gasteiger partial charge in [-0.3, -0.25) is 9.59 Å². The molecule has 0 bridgehead atoms. The molecular formula is C87H169NO5. The number of carbonyl (C=O) groups excluding carboxylic acids is 2. The van der Waals surface area contributed by atoms with Crippen molar-refractivity contribution in [2.24, 2.45) is 0 Å². The maximum Gasteiger partial charge on any atom is 0.305 e. The molecule has 552 valence electrons. The molecule has 0 saturated heterocycles. The van der Waals surface area contributed by atoms with E-state index >= 15 is 0 Å². The normalized spacial score (nSPS) is 12.5. The molecule has 0 aromatic heterocycles. The molecule has 0 saturated carbocycles. The summed E-state index contributed by atoms with van der Waals surface area (Å²) in [7, 11) is 0. The highest BCUT2D eigenvalue weighted by atomic mass is 16.5. The quantitative estimate of drug-likeness (QED) is 0.0320. The fraction of sp³-hybridized carbons (Fsp3) is 0.931. The third-order valence-corrected chi connectivity index (χ3v) is 20.5. The molecule has 0 aromatic rings. The maximum absolute atomic E-state index is 12.6. The molecule has 3 N–H and O–H groups in total. The van der Waals surface area contributed by atoms with Crippen LogP contribution in [0.1, 0.15) is 495 Å². The molecule has 0 radical (unpaired) electrons. The molecule has 6 heteroatoms. The summed E-state index contributed by atoms with van der Waals surface area (Å²) < 4.78 is 5.52. The SMILES string of the molecule is CCCCC/C=C\C/C=C\CCCCCCCCCCCC(=O)OCCCCCCCCCCCCCCCCCCCCCCCCCCCCCCCCCCCCCCCC(=O)NC(CO)C(O)CCCCCCCCCCCCCCCCCCCCCC. The van der Waals surface area contributed by atoms with Gasteiger partial charge in [0.25, 0.3) is 0 Å². The van der Waals surface area contributed by atoms with Crippen LogP contribution >= 0.6 is 0 Å². The Hall–Kier alpha value is -1.66. The fourth-order valence-electron chi connectivity index (χ4n) is 14.0. The Morgan fingerprint density at radius 1 is 0.301 bits per heavy atom. The van der Waals surface area contributed by atoms with Crippen LogP contribution in [0.3, 0.4) is 0 Å². The van der Waals surface area contributed by atoms with Gasteiger partial charge in [0.2, 0.25) is 5.91 Å². The molecule has 0 aliphatic heterocycles. The molecule has 1 amide bonds. The van der Waals surface area contributed by atoms with Gasteiger partial charge in [0.1, 0.15) is 0 Å². The molecule has 6 nitrogen and oxygen atoms in total. The number of rotatable bonds is 82. The summed E-state index contributed by atoms with van der Waals surface area (Å²) in [6.07, 6.45) is 107. The number of ether oxygens (including phenoxy) is 1. The van der Waals surface area contributed by atoms with Crippen LogP contribution in [0.5, 0.6) is 0 Å². The zero-order valence-corrected chi connectivity index (χ0v) is 63.5. The minimum Gasteiger partial charge on any atom is -0.466 e. The van der Waals surface area contributed by atoms with Crippen molar-refractivity contribution < 1.29 is 24.5 Å². The number of hydrogen-bond donors (Lipinski definition) is 3. The smallest absolute Gasteiger partial charge is 0.305 e. The fourth-order valence-corrected chi connectivity index (χ4v) is 14.0. The van der Waals surface area contributed by atoms with Gasteiger partial charge in [-0.25, -0.2) is 0 Å². The summed E-state index contributed by atoms with van der Waals surface area (Å²) in [6, 6.07) is -0.538. The lowest BCUT2D eigenvalue weighted by Gasteiger charge is -2.22. The number of allylic oxidation sites excluding steroid dienone is 4. The molecule has 0 heterocycles. The van der Waals surface area contributed by atoms with Crippen LogP contribution in [-0.4, -0.2) is 47.4 Å². The molecule has 2 atom stereocenters. The Bertz CT molecular complexity index is 1460. The maximum atomic E-state index is 12.6. The Morgan fingerprint density at radius 2 is 0.538 bits per heavy atom. The van der Waals surface area contributed by atoms with E-state index in [-0.39, 0.29) is 18.5 Å². The summed E-state index contributed by atoms with van der Waals surface area (Å²) in [6.45, 7) is 4.99. The zero-order valence-electron chi connectivity index (χ0n) is 63.5. The van der Waals surface area contributed by atoms with Crippen molar-refractivity contribution >= 4 is 11.9 Å². The molecule has 0 spiro atoms. The first kappa shape index (κ1) is 91.3. The van der Waals surface area contributed by atoms with Gasteiger partial charge in [0.05, 0.1) is 25.4 Å². The lowest BCUT2D eigenvalue weighted by molar-refractivity contribution is -0.143. The van der Waals surface area contributed by atoms with Crippen molar-refractivity contribution in [1.82, 2.24) is 5.32 Å². The topological polar surface area (TPSA) is 95.9 Å². The van der Waals surface area contributed by atoms with Crippen molar-refractivity contribution in [3.63, 3.8) is 0 Å². The molecule has 0 aliphatic carbocycles. The van der Waals surface area contributed by atoms with Crippen LogP contribution in [0.4, 0.5) is 0 Å². The van der Waals surface area contributed by atoms with E-state index < -0.39 is 12.1 Å². The highest BCUT2D eigenvalue weighted by molar-refractivity contribution is 5.76. The van der Waals surface area contributed by atoms with Gasteiger partial charge in [-0.15, -0.1) is 0 Å². The summed E-state index contributed by atoms with van der Waals surface area (Å²) in [4.78, 5) is 24.7. The number of esters is 1. The predicted molar refractivity (Wildman–Crippen MR) is 412 cm³/mol. The average molecular weight is 1310 g/mol. The van der Waals surface area contributed by atoms with E-state index in [2.05, 4.69) is 43.5 Å². The number of carbonyl (C=O) groups is 2. The van der Waals surface area contributed by atoms with Crippen LogP contribution in [-0.2, 0) is 14.3 Å². The monoisotopic (exact) mass is 1310 g/mol. The van der Waals surface area contributed by atoms with Crippen molar-refractivity contribution in [2.75, 3.05) is 13.2 Å². The molecule has 0 fully saturated rings. The number of unbranched alkanes of at least 4 members (excludes halogenated alkanes) is 67. The minimum atomic E-state index is -0.661. The second kappa shape index (κ2) is 82.8. The van der Waals surface area contributed by atoms with E-state index in [0.717, 1.165) is 44.9 Å². The van der Waals surface area contributed by atoms with Gasteiger partial charge < -0.3 is 20.3 Å². The average Bonchev–Trinajstić information content (AvgIpc) is 3.78. The number of aliphatic hydroxyl groups is 2. The summed E-state index contributed by atoms with van der Waals surface area (Å²) in [5.74, 6) is -0.00286. The van der Waals surface area contributed by atoms with Crippen LogP contribution in [0.2, 0.25) is 0 Å². The van der Waals surface area contributed by atoms with Crippen molar-refractivity contribution in [3.05, 3.63) is 24.3 Å². The molecule has 93 heavy (non-hydrogen) atoms. The Morgan fingerprint density at radius 3 is 0.839 bits per heavy atom. The van der Waals surface area contributed by atoms with Crippen LogP contribution < -0.4 is 5.32 Å². The third-order valence-electron chi connectivity index (χ3n) is 20.5. The van der Waals surface area contributed by atoms with Gasteiger partial charge in [0, 0.05) is 12.8 Å². The van der Waals surface area contributed by atoms with Crippen LogP contribution in [0.15, 0.2) is 24.3 Å². The second-order valence-electron chi connectivity index (χ2n) is 29.9. The van der Waals surface area contributed by atoms with Crippen molar-refractivity contribution in [2.45, 2.75) is 508 Å². The van der Waals surface area contributed by atoms with Gasteiger partial charge in [-0.2, -0.15) is 0 Å². The minimum absolute atomic E-state index is 0.0207. The van der Waals surface area contributed by atoms with Gasteiger partial charge >= 0.3 is 5.97 Å². The van der Waals surface area contributed by atoms with Gasteiger partial charge in [0.15, 0.2) is 0 Å². The third kappa shape index (κ3) is 79.2. The number of nitrogens with one attached hydrogen (secondary N) is 1. The highest BCUT2D eigenvalue weighted by Crippen LogP contribution is 2.21. The van der Waals surface area contributed by atoms with E-state index in [1.165, 1.54) is 417 Å². The predicted octanol–water partition coefficient (Wildman–Crippen LogP) is 28.8. The standard InChI is InChI=1S/C87H169NO5/c1-3-5-7-9-11-13-15-17-19-21-23-44-47-51-55-59-63-67-71-75-79-85(90)84(83-89)88-86(91)80-76-72-68-64-60-56-52-48-45-41-39-37-35-33-31-29-27-25-24-26-28-30-32-34-36-38-40-42-46-50-54-58-62-66-70-74-78-82-93-87(92)81-77-73-69-65-61-57-53-49-43-22-20-18-16-14-12-10-8-6-4-2/h12,14,18,20,84-85,89-90H,3-11,13,15-17,19,21-83H2,1-2H3,(H,88,91)/b14-12-,20-18-. The lowest BCUT2D eigenvalue weighted by atomic mass is 10.0. The number of amides is 1.